The van der Waals surface area contributed by atoms with Crippen molar-refractivity contribution in [1.29, 1.82) is 0 Å². The van der Waals surface area contributed by atoms with Gasteiger partial charge in [0.15, 0.2) is 0 Å². The Labute approximate surface area is 70.3 Å². The van der Waals surface area contributed by atoms with Gasteiger partial charge in [-0.2, -0.15) is 0 Å². The fourth-order valence-corrected chi connectivity index (χ4v) is 1.63. The van der Waals surface area contributed by atoms with E-state index < -0.39 is 8.60 Å². The van der Waals surface area contributed by atoms with Crippen molar-refractivity contribution in [2.24, 2.45) is 0 Å². The highest BCUT2D eigenvalue weighted by Gasteiger charge is 1.99. The number of thiophene rings is 1. The minimum absolute atomic E-state index is 0.374. The molecule has 0 unspecified atom stereocenters. The third-order valence-electron chi connectivity index (χ3n) is 1.14. The van der Waals surface area contributed by atoms with Crippen molar-refractivity contribution in [2.75, 3.05) is 6.61 Å². The normalized spacial score (nSPS) is 10.8. The third kappa shape index (κ3) is 3.79. The van der Waals surface area contributed by atoms with Gasteiger partial charge in [0.05, 0.1) is 6.61 Å². The van der Waals surface area contributed by atoms with Crippen LogP contribution in [0.2, 0.25) is 0 Å². The Morgan fingerprint density at radius 3 is 2.91 bits per heavy atom. The average molecular weight is 192 g/mol. The summed E-state index contributed by atoms with van der Waals surface area (Å²) in [6.07, 6.45) is 0.748. The van der Waals surface area contributed by atoms with Crippen LogP contribution in [0.15, 0.2) is 17.5 Å². The van der Waals surface area contributed by atoms with Crippen LogP contribution in [0.1, 0.15) is 4.88 Å². The number of hydrogen-bond donors (Lipinski definition) is 2. The van der Waals surface area contributed by atoms with Crippen molar-refractivity contribution < 1.29 is 14.3 Å². The van der Waals surface area contributed by atoms with Crippen LogP contribution in [-0.4, -0.2) is 16.4 Å². The Morgan fingerprint density at radius 1 is 1.55 bits per heavy atom. The molecule has 0 aliphatic carbocycles. The molecule has 0 saturated heterocycles. The van der Waals surface area contributed by atoms with Crippen LogP contribution < -0.4 is 0 Å². The summed E-state index contributed by atoms with van der Waals surface area (Å²) in [6.45, 7) is 0.374. The molecule has 2 N–H and O–H groups in total. The van der Waals surface area contributed by atoms with Crippen molar-refractivity contribution >= 4 is 19.9 Å². The summed E-state index contributed by atoms with van der Waals surface area (Å²) in [5, 5.41) is 1.98. The van der Waals surface area contributed by atoms with Crippen LogP contribution in [0.25, 0.3) is 0 Å². The molecule has 0 atom stereocenters. The quantitative estimate of drug-likeness (QED) is 0.711. The first-order valence-corrected chi connectivity index (χ1v) is 5.16. The number of hydrogen-bond acceptors (Lipinski definition) is 4. The van der Waals surface area contributed by atoms with Gasteiger partial charge in [-0.15, -0.1) is 11.3 Å². The van der Waals surface area contributed by atoms with Crippen LogP contribution in [0.4, 0.5) is 0 Å². The van der Waals surface area contributed by atoms with E-state index in [-0.39, 0.29) is 0 Å². The molecule has 0 bridgehead atoms. The highest BCUT2D eigenvalue weighted by molar-refractivity contribution is 7.39. The van der Waals surface area contributed by atoms with E-state index in [9.17, 15) is 0 Å². The first kappa shape index (κ1) is 9.10. The summed E-state index contributed by atoms with van der Waals surface area (Å²) in [5.41, 5.74) is 0. The molecule has 0 aromatic carbocycles. The van der Waals surface area contributed by atoms with E-state index in [0.29, 0.717) is 6.61 Å². The summed E-state index contributed by atoms with van der Waals surface area (Å²) in [5.74, 6) is 0. The SMILES string of the molecule is OP(O)OCCc1cccs1. The summed E-state index contributed by atoms with van der Waals surface area (Å²) in [6, 6.07) is 3.95. The molecule has 0 saturated carbocycles. The average Bonchev–Trinajstić information content (AvgIpc) is 2.39. The van der Waals surface area contributed by atoms with Gasteiger partial charge >= 0.3 is 8.60 Å². The molecule has 11 heavy (non-hydrogen) atoms. The molecule has 0 spiro atoms. The van der Waals surface area contributed by atoms with Gasteiger partial charge in [-0.05, 0) is 11.4 Å². The van der Waals surface area contributed by atoms with Crippen molar-refractivity contribution in [2.45, 2.75) is 6.42 Å². The Hall–Kier alpha value is 0.0100. The Kier molecular flexibility index (Phi) is 3.97. The van der Waals surface area contributed by atoms with Gasteiger partial charge in [0.25, 0.3) is 0 Å². The summed E-state index contributed by atoms with van der Waals surface area (Å²) >= 11 is 1.64. The van der Waals surface area contributed by atoms with Gasteiger partial charge in [0, 0.05) is 11.3 Å². The van der Waals surface area contributed by atoms with Crippen molar-refractivity contribution in [3.63, 3.8) is 0 Å². The molecule has 0 amide bonds. The van der Waals surface area contributed by atoms with Crippen LogP contribution in [0.3, 0.4) is 0 Å². The van der Waals surface area contributed by atoms with Crippen LogP contribution in [-0.2, 0) is 10.9 Å². The summed E-state index contributed by atoms with van der Waals surface area (Å²) in [7, 11) is -2.18. The first-order valence-electron chi connectivity index (χ1n) is 3.12. The van der Waals surface area contributed by atoms with E-state index in [2.05, 4.69) is 4.52 Å². The maximum atomic E-state index is 8.38. The Balaban J connectivity index is 2.14. The Bertz CT molecular complexity index is 188. The molecule has 0 radical (unpaired) electrons. The van der Waals surface area contributed by atoms with Gasteiger partial charge in [-0.25, -0.2) is 0 Å². The second kappa shape index (κ2) is 4.80. The third-order valence-corrected chi connectivity index (χ3v) is 2.49. The zero-order valence-corrected chi connectivity index (χ0v) is 7.52. The maximum absolute atomic E-state index is 8.38. The smallest absolute Gasteiger partial charge is 0.327 e. The molecule has 0 aliphatic rings. The van der Waals surface area contributed by atoms with Crippen LogP contribution in [0, 0.1) is 0 Å². The lowest BCUT2D eigenvalue weighted by molar-refractivity contribution is 0.259. The van der Waals surface area contributed by atoms with E-state index in [1.165, 1.54) is 4.88 Å². The maximum Gasteiger partial charge on any atom is 0.327 e. The van der Waals surface area contributed by atoms with Crippen LogP contribution >= 0.6 is 19.9 Å². The Morgan fingerprint density at radius 2 is 2.36 bits per heavy atom. The lowest BCUT2D eigenvalue weighted by Crippen LogP contribution is -1.91. The largest absolute Gasteiger partial charge is 0.328 e. The molecule has 1 aromatic heterocycles. The monoisotopic (exact) mass is 192 g/mol. The van der Waals surface area contributed by atoms with E-state index in [4.69, 9.17) is 9.79 Å². The second-order valence-corrected chi connectivity index (χ2v) is 3.71. The van der Waals surface area contributed by atoms with E-state index in [1.54, 1.807) is 11.3 Å². The van der Waals surface area contributed by atoms with Gasteiger partial charge in [-0.3, -0.25) is 0 Å². The van der Waals surface area contributed by atoms with Crippen molar-refractivity contribution in [1.82, 2.24) is 0 Å². The standard InChI is InChI=1S/C6H9O3PS/c7-10(8)9-4-3-6-2-1-5-11-6/h1-2,5,7-8H,3-4H2. The molecule has 1 rings (SSSR count). The minimum Gasteiger partial charge on any atom is -0.328 e. The molecule has 3 nitrogen and oxygen atoms in total. The minimum atomic E-state index is -2.18. The lowest BCUT2D eigenvalue weighted by atomic mass is 10.4. The van der Waals surface area contributed by atoms with Gasteiger partial charge < -0.3 is 14.3 Å². The topological polar surface area (TPSA) is 49.7 Å². The van der Waals surface area contributed by atoms with Crippen molar-refractivity contribution in [3.05, 3.63) is 22.4 Å². The molecule has 62 valence electrons. The lowest BCUT2D eigenvalue weighted by Gasteiger charge is -2.00. The highest BCUT2D eigenvalue weighted by atomic mass is 32.1. The first-order chi connectivity index (χ1) is 5.29. The van der Waals surface area contributed by atoms with Crippen LogP contribution in [0.5, 0.6) is 0 Å². The zero-order chi connectivity index (χ0) is 8.10. The predicted molar refractivity (Wildman–Crippen MR) is 45.3 cm³/mol. The second-order valence-electron chi connectivity index (χ2n) is 1.92. The van der Waals surface area contributed by atoms with E-state index in [1.807, 2.05) is 17.5 Å². The fourth-order valence-electron chi connectivity index (χ4n) is 0.683. The van der Waals surface area contributed by atoms with Crippen molar-refractivity contribution in [3.8, 4) is 0 Å². The predicted octanol–water partition coefficient (Wildman–Crippen LogP) is 1.52. The molecule has 1 heterocycles. The molecule has 5 heteroatoms. The van der Waals surface area contributed by atoms with E-state index in [0.717, 1.165) is 6.42 Å². The molecule has 0 fully saturated rings. The summed E-state index contributed by atoms with van der Waals surface area (Å²) < 4.78 is 4.60. The van der Waals surface area contributed by atoms with E-state index >= 15 is 0 Å². The van der Waals surface area contributed by atoms with Gasteiger partial charge in [0.2, 0.25) is 0 Å². The number of rotatable bonds is 4. The molecule has 1 aromatic rings. The zero-order valence-electron chi connectivity index (χ0n) is 5.80. The highest BCUT2D eigenvalue weighted by Crippen LogP contribution is 2.24. The summed E-state index contributed by atoms with van der Waals surface area (Å²) in [4.78, 5) is 18.0. The van der Waals surface area contributed by atoms with Gasteiger partial charge in [0.1, 0.15) is 0 Å². The molecule has 0 aliphatic heterocycles. The molecular formula is C6H9O3PS. The van der Waals surface area contributed by atoms with Gasteiger partial charge in [-0.1, -0.05) is 6.07 Å². The molecular weight excluding hydrogens is 183 g/mol. The fraction of sp³-hybridized carbons (Fsp3) is 0.333.